The molecule has 3 aliphatic rings. The normalized spacial score (nSPS) is 27.2. The average molecular weight is 434 g/mol. The van der Waals surface area contributed by atoms with E-state index in [9.17, 15) is 14.4 Å². The van der Waals surface area contributed by atoms with Gasteiger partial charge in [-0.25, -0.2) is 0 Å². The monoisotopic (exact) mass is 433 g/mol. The van der Waals surface area contributed by atoms with E-state index in [1.165, 1.54) is 0 Å². The third-order valence-electron chi connectivity index (χ3n) is 7.06. The van der Waals surface area contributed by atoms with Crippen molar-refractivity contribution in [1.82, 2.24) is 15.5 Å². The minimum absolute atomic E-state index is 0.0632. The fourth-order valence-corrected chi connectivity index (χ4v) is 5.30. The number of ether oxygens (including phenoxy) is 1. The van der Waals surface area contributed by atoms with Gasteiger partial charge in [0.1, 0.15) is 11.9 Å². The molecule has 32 heavy (non-hydrogen) atoms. The molecule has 5 rings (SSSR count). The van der Waals surface area contributed by atoms with Crippen LogP contribution in [-0.2, 0) is 4.79 Å². The first-order valence-corrected chi connectivity index (χ1v) is 11.1. The van der Waals surface area contributed by atoms with Crippen molar-refractivity contribution in [3.8, 4) is 5.75 Å². The second-order valence-electron chi connectivity index (χ2n) is 8.98. The van der Waals surface area contributed by atoms with Gasteiger partial charge in [0, 0.05) is 62.0 Å². The van der Waals surface area contributed by atoms with Crippen LogP contribution in [0.15, 0.2) is 42.5 Å². The first kappa shape index (κ1) is 20.5. The van der Waals surface area contributed by atoms with Crippen LogP contribution in [0.1, 0.15) is 51.6 Å². The molecule has 0 radical (unpaired) electrons. The first-order chi connectivity index (χ1) is 15.4. The van der Waals surface area contributed by atoms with Crippen molar-refractivity contribution in [2.24, 2.45) is 11.8 Å². The Hall–Kier alpha value is -3.35. The Morgan fingerprint density at radius 2 is 1.72 bits per heavy atom. The van der Waals surface area contributed by atoms with E-state index in [0.29, 0.717) is 41.8 Å². The number of rotatable bonds is 4. The minimum Gasteiger partial charge on any atom is -0.489 e. The van der Waals surface area contributed by atoms with Gasteiger partial charge < -0.3 is 20.3 Å². The predicted octanol–water partition coefficient (Wildman–Crippen LogP) is 2.17. The molecule has 0 spiro atoms. The lowest BCUT2D eigenvalue weighted by Gasteiger charge is -2.18. The number of fused-ring (bicyclic) bond motifs is 2. The number of nitrogens with one attached hydrogen (secondary N) is 2. The van der Waals surface area contributed by atoms with Crippen molar-refractivity contribution in [2.75, 3.05) is 20.1 Å². The molecule has 1 saturated heterocycles. The minimum atomic E-state index is -0.280. The molecular weight excluding hydrogens is 406 g/mol. The Morgan fingerprint density at radius 1 is 1.03 bits per heavy atom. The van der Waals surface area contributed by atoms with Crippen LogP contribution in [0.2, 0.25) is 0 Å². The summed E-state index contributed by atoms with van der Waals surface area (Å²) < 4.78 is 6.12. The van der Waals surface area contributed by atoms with Crippen LogP contribution < -0.4 is 15.4 Å². The SMILES string of the molecule is CNC(=O)c1cc(C(=O)N[C@H]2[C@@H]3CN(C(C)=O)C[C@@H]32)cc2c1O[C@@H](C)[C@@H]2c1ccccc1. The summed E-state index contributed by atoms with van der Waals surface area (Å²) in [5, 5.41) is 5.78. The zero-order chi connectivity index (χ0) is 22.6. The fourth-order valence-electron chi connectivity index (χ4n) is 5.30. The first-order valence-electron chi connectivity index (χ1n) is 11.1. The van der Waals surface area contributed by atoms with E-state index in [1.54, 1.807) is 20.0 Å². The van der Waals surface area contributed by atoms with Gasteiger partial charge in [-0.05, 0) is 24.6 Å². The van der Waals surface area contributed by atoms with Crippen LogP contribution in [0, 0.1) is 11.8 Å². The molecule has 166 valence electrons. The molecule has 0 unspecified atom stereocenters. The molecule has 2 heterocycles. The highest BCUT2D eigenvalue weighted by Crippen LogP contribution is 2.47. The van der Waals surface area contributed by atoms with Crippen LogP contribution in [0.25, 0.3) is 0 Å². The lowest BCUT2D eigenvalue weighted by atomic mass is 9.87. The highest BCUT2D eigenvalue weighted by atomic mass is 16.5. The van der Waals surface area contributed by atoms with Crippen molar-refractivity contribution < 1.29 is 19.1 Å². The Labute approximate surface area is 187 Å². The summed E-state index contributed by atoms with van der Waals surface area (Å²) in [7, 11) is 1.57. The molecule has 1 saturated carbocycles. The molecule has 1 aliphatic carbocycles. The topological polar surface area (TPSA) is 87.7 Å². The van der Waals surface area contributed by atoms with Gasteiger partial charge in [-0.15, -0.1) is 0 Å². The average Bonchev–Trinajstić information content (AvgIpc) is 3.12. The molecule has 2 aromatic carbocycles. The summed E-state index contributed by atoms with van der Waals surface area (Å²) in [5.41, 5.74) is 2.77. The highest BCUT2D eigenvalue weighted by molar-refractivity contribution is 6.02. The summed E-state index contributed by atoms with van der Waals surface area (Å²) in [4.78, 5) is 39.2. The largest absolute Gasteiger partial charge is 0.489 e. The third kappa shape index (κ3) is 3.32. The number of piperidine rings is 1. The maximum absolute atomic E-state index is 13.2. The zero-order valence-electron chi connectivity index (χ0n) is 18.4. The molecule has 3 amide bonds. The fraction of sp³-hybridized carbons (Fsp3) is 0.400. The van der Waals surface area contributed by atoms with Gasteiger partial charge in [-0.1, -0.05) is 30.3 Å². The van der Waals surface area contributed by atoms with Crippen molar-refractivity contribution in [3.05, 3.63) is 64.7 Å². The van der Waals surface area contributed by atoms with Crippen LogP contribution in [-0.4, -0.2) is 54.9 Å². The molecule has 2 aromatic rings. The van der Waals surface area contributed by atoms with E-state index in [2.05, 4.69) is 10.6 Å². The standard InChI is InChI=1S/C25H27N3O4/c1-13-21(15-7-5-4-6-8-15)17-9-16(10-18(23(17)32-13)25(31)26-3)24(30)27-22-19-11-28(14(2)29)12-20(19)22/h4-10,13,19-22H,11-12H2,1-3H3,(H,26,31)(H,27,30)/t13-,19-,20+,21+,22+/m0/s1. The van der Waals surface area contributed by atoms with Gasteiger partial charge in [0.15, 0.2) is 0 Å². The van der Waals surface area contributed by atoms with E-state index in [-0.39, 0.29) is 35.8 Å². The molecular formula is C25H27N3O4. The van der Waals surface area contributed by atoms with Gasteiger partial charge >= 0.3 is 0 Å². The Morgan fingerprint density at radius 3 is 2.34 bits per heavy atom. The molecule has 2 fully saturated rings. The van der Waals surface area contributed by atoms with E-state index in [0.717, 1.165) is 11.1 Å². The molecule has 0 aromatic heterocycles. The number of hydrogen-bond acceptors (Lipinski definition) is 4. The molecule has 2 aliphatic heterocycles. The number of hydrogen-bond donors (Lipinski definition) is 2. The maximum Gasteiger partial charge on any atom is 0.254 e. The van der Waals surface area contributed by atoms with Gasteiger partial charge in [-0.3, -0.25) is 14.4 Å². The number of amides is 3. The summed E-state index contributed by atoms with van der Waals surface area (Å²) in [6.45, 7) is 4.95. The summed E-state index contributed by atoms with van der Waals surface area (Å²) in [6, 6.07) is 13.6. The second kappa shape index (κ2) is 7.65. The quantitative estimate of drug-likeness (QED) is 0.774. The Kier molecular flexibility index (Phi) is 4.92. The van der Waals surface area contributed by atoms with Crippen LogP contribution >= 0.6 is 0 Å². The van der Waals surface area contributed by atoms with E-state index in [1.807, 2.05) is 48.2 Å². The Balaban J connectivity index is 1.44. The maximum atomic E-state index is 13.2. The van der Waals surface area contributed by atoms with Gasteiger partial charge in [0.05, 0.1) is 5.56 Å². The van der Waals surface area contributed by atoms with Crippen LogP contribution in [0.4, 0.5) is 0 Å². The van der Waals surface area contributed by atoms with E-state index < -0.39 is 0 Å². The highest BCUT2D eigenvalue weighted by Gasteiger charge is 2.57. The zero-order valence-corrected chi connectivity index (χ0v) is 18.4. The number of benzene rings is 2. The number of carbonyl (C=O) groups excluding carboxylic acids is 3. The molecule has 7 nitrogen and oxygen atoms in total. The molecule has 0 bridgehead atoms. The van der Waals surface area contributed by atoms with Crippen LogP contribution in [0.5, 0.6) is 5.75 Å². The van der Waals surface area contributed by atoms with E-state index in [4.69, 9.17) is 4.74 Å². The lowest BCUT2D eigenvalue weighted by Crippen LogP contribution is -2.36. The van der Waals surface area contributed by atoms with Gasteiger partial charge in [0.25, 0.3) is 11.8 Å². The number of likely N-dealkylation sites (tertiary alicyclic amines) is 1. The molecule has 2 N–H and O–H groups in total. The van der Waals surface area contributed by atoms with Gasteiger partial charge in [-0.2, -0.15) is 0 Å². The smallest absolute Gasteiger partial charge is 0.254 e. The molecule has 5 atom stereocenters. The van der Waals surface area contributed by atoms with Crippen molar-refractivity contribution in [1.29, 1.82) is 0 Å². The third-order valence-corrected chi connectivity index (χ3v) is 7.06. The summed E-state index contributed by atoms with van der Waals surface area (Å²) in [5.74, 6) is 0.717. The lowest BCUT2D eigenvalue weighted by molar-refractivity contribution is -0.128. The summed E-state index contributed by atoms with van der Waals surface area (Å²) >= 11 is 0. The van der Waals surface area contributed by atoms with Gasteiger partial charge in [0.2, 0.25) is 5.91 Å². The Bertz CT molecular complexity index is 1090. The second-order valence-corrected chi connectivity index (χ2v) is 8.98. The predicted molar refractivity (Wildman–Crippen MR) is 119 cm³/mol. The van der Waals surface area contributed by atoms with Crippen molar-refractivity contribution in [3.63, 3.8) is 0 Å². The number of nitrogens with zero attached hydrogens (tertiary/aromatic N) is 1. The van der Waals surface area contributed by atoms with E-state index >= 15 is 0 Å². The van der Waals surface area contributed by atoms with Crippen molar-refractivity contribution >= 4 is 17.7 Å². The van der Waals surface area contributed by atoms with Crippen molar-refractivity contribution in [2.45, 2.75) is 31.9 Å². The molecule has 7 heteroatoms. The van der Waals surface area contributed by atoms with Crippen LogP contribution in [0.3, 0.4) is 0 Å². The summed E-state index contributed by atoms with van der Waals surface area (Å²) in [6.07, 6.45) is -0.158. The number of carbonyl (C=O) groups is 3.